The molecule has 0 saturated heterocycles. The number of benzene rings is 1. The van der Waals surface area contributed by atoms with E-state index in [-0.39, 0.29) is 16.1 Å². The molecule has 1 aromatic rings. The summed E-state index contributed by atoms with van der Waals surface area (Å²) in [6, 6.07) is 8.98. The second-order valence-corrected chi connectivity index (χ2v) is 10.8. The third-order valence-electron chi connectivity index (χ3n) is 2.10. The summed E-state index contributed by atoms with van der Waals surface area (Å²) in [5.41, 5.74) is 0. The minimum atomic E-state index is -0.897. The third kappa shape index (κ3) is 4.52. The van der Waals surface area contributed by atoms with Gasteiger partial charge in [-0.05, 0) is 30.6 Å². The largest absolute Gasteiger partial charge is 0.476 e. The van der Waals surface area contributed by atoms with E-state index in [0.717, 1.165) is 0 Å². The van der Waals surface area contributed by atoms with E-state index < -0.39 is 14.5 Å². The summed E-state index contributed by atoms with van der Waals surface area (Å²) in [5.74, 6) is 4.45. The summed E-state index contributed by atoms with van der Waals surface area (Å²) in [6.07, 6.45) is 0. The van der Waals surface area contributed by atoms with Crippen molar-refractivity contribution in [1.82, 2.24) is 0 Å². The molecule has 82 valence electrons. The van der Waals surface area contributed by atoms with Crippen molar-refractivity contribution in [3.05, 3.63) is 24.3 Å². The zero-order chi connectivity index (χ0) is 11.4. The molecule has 0 aromatic heterocycles. The lowest BCUT2D eigenvalue weighted by molar-refractivity contribution is 0.658. The Labute approximate surface area is 101 Å². The minimum Gasteiger partial charge on any atom is -0.476 e. The van der Waals surface area contributed by atoms with Gasteiger partial charge in [-0.3, -0.25) is 0 Å². The normalized spacial score (nSPS) is 12.9. The van der Waals surface area contributed by atoms with Crippen LogP contribution in [0.1, 0.15) is 0 Å². The number of hydrogen-bond acceptors (Lipinski definition) is 1. The van der Waals surface area contributed by atoms with Crippen LogP contribution in [0.25, 0.3) is 0 Å². The molecule has 0 heterocycles. The van der Waals surface area contributed by atoms with Gasteiger partial charge in [-0.15, -0.1) is 0 Å². The van der Waals surface area contributed by atoms with Crippen LogP contribution in [0.5, 0.6) is 0 Å². The van der Waals surface area contributed by atoms with Gasteiger partial charge in [0.1, 0.15) is 0 Å². The van der Waals surface area contributed by atoms with Gasteiger partial charge in [-0.2, -0.15) is 0 Å². The summed E-state index contributed by atoms with van der Waals surface area (Å²) < 4.78 is 5.95. The molecular formula is C11H19AlOP2. The fourth-order valence-electron chi connectivity index (χ4n) is 1.34. The van der Waals surface area contributed by atoms with Crippen molar-refractivity contribution in [2.24, 2.45) is 0 Å². The zero-order valence-electron chi connectivity index (χ0n) is 10.2. The molecule has 15 heavy (non-hydrogen) atoms. The van der Waals surface area contributed by atoms with Crippen LogP contribution in [0, 0.1) is 0 Å². The van der Waals surface area contributed by atoms with Crippen LogP contribution >= 0.6 is 16.1 Å². The van der Waals surface area contributed by atoms with Crippen LogP contribution in [-0.4, -0.2) is 34.5 Å². The van der Waals surface area contributed by atoms with Crippen molar-refractivity contribution in [2.45, 2.75) is 11.6 Å². The molecule has 1 unspecified atom stereocenters. The average Bonchev–Trinajstić information content (AvgIpc) is 2.17. The maximum absolute atomic E-state index is 5.95. The summed E-state index contributed by atoms with van der Waals surface area (Å²) >= 11 is -0.897. The molecule has 0 N–H and O–H groups in total. The Hall–Kier alpha value is 0.572. The Bertz CT molecular complexity index is 298. The van der Waals surface area contributed by atoms with E-state index in [4.69, 9.17) is 3.58 Å². The Balaban J connectivity index is 2.71. The highest BCUT2D eigenvalue weighted by molar-refractivity contribution is 7.64. The van der Waals surface area contributed by atoms with Crippen molar-refractivity contribution in [2.75, 3.05) is 20.0 Å². The van der Waals surface area contributed by atoms with E-state index in [9.17, 15) is 0 Å². The summed E-state index contributed by atoms with van der Waals surface area (Å²) in [5, 5.41) is 2.84. The van der Waals surface area contributed by atoms with Gasteiger partial charge in [0.2, 0.25) is 0 Å². The summed E-state index contributed by atoms with van der Waals surface area (Å²) in [6.45, 7) is 6.78. The first-order chi connectivity index (χ1) is 7.00. The van der Waals surface area contributed by atoms with E-state index in [1.54, 1.807) is 0 Å². The van der Waals surface area contributed by atoms with Gasteiger partial charge in [0.05, 0.1) is 0 Å². The average molecular weight is 256 g/mol. The van der Waals surface area contributed by atoms with Crippen molar-refractivity contribution in [3.63, 3.8) is 0 Å². The molecule has 0 aliphatic rings. The van der Waals surface area contributed by atoms with Gasteiger partial charge in [0.25, 0.3) is 0 Å². The molecule has 1 atom stereocenters. The molecule has 0 aliphatic carbocycles. The summed E-state index contributed by atoms with van der Waals surface area (Å²) in [4.78, 5) is 0. The standard InChI is InChI=1S/C9H13OP2.2CH3.Al/c1-11(2)8-4-6-9(7-5-8)12(3)10;;;/h4-7H,1-3H3;2*1H3;/q-1;;;+1. The Kier molecular flexibility index (Phi) is 5.77. The lowest BCUT2D eigenvalue weighted by Gasteiger charge is -2.16. The van der Waals surface area contributed by atoms with Gasteiger partial charge in [-0.1, -0.05) is 43.8 Å². The first-order valence-corrected chi connectivity index (χ1v) is 11.9. The smallest absolute Gasteiger partial charge is 0.457 e. The molecule has 1 rings (SSSR count). The van der Waals surface area contributed by atoms with Gasteiger partial charge >= 0.3 is 14.5 Å². The molecule has 0 saturated carbocycles. The predicted octanol–water partition coefficient (Wildman–Crippen LogP) is 2.97. The fourth-order valence-corrected chi connectivity index (χ4v) is 5.67. The molecule has 1 nitrogen and oxygen atoms in total. The van der Waals surface area contributed by atoms with E-state index in [2.05, 4.69) is 55.8 Å². The SMILES string of the molecule is [CH3][Al]([CH3])[O]P(C)c1ccc(P(C)C)cc1. The molecule has 0 fully saturated rings. The van der Waals surface area contributed by atoms with E-state index in [1.807, 2.05) is 0 Å². The van der Waals surface area contributed by atoms with Crippen molar-refractivity contribution in [1.29, 1.82) is 0 Å². The maximum Gasteiger partial charge on any atom is 0.457 e. The topological polar surface area (TPSA) is 9.23 Å². The Morgan fingerprint density at radius 2 is 1.40 bits per heavy atom. The highest BCUT2D eigenvalue weighted by Crippen LogP contribution is 2.32. The third-order valence-corrected chi connectivity index (χ3v) is 7.41. The molecule has 4 heteroatoms. The molecule has 1 aromatic carbocycles. The van der Waals surface area contributed by atoms with Crippen LogP contribution < -0.4 is 10.6 Å². The first-order valence-electron chi connectivity index (χ1n) is 5.18. The van der Waals surface area contributed by atoms with E-state index >= 15 is 0 Å². The number of rotatable bonds is 4. The van der Waals surface area contributed by atoms with E-state index in [1.165, 1.54) is 10.6 Å². The first kappa shape index (κ1) is 13.6. The lowest BCUT2D eigenvalue weighted by Crippen LogP contribution is -2.11. The highest BCUT2D eigenvalue weighted by Gasteiger charge is 2.11. The second kappa shape index (κ2) is 6.34. The quantitative estimate of drug-likeness (QED) is 0.594. The monoisotopic (exact) mass is 256 g/mol. The highest BCUT2D eigenvalue weighted by atomic mass is 31.1. The van der Waals surface area contributed by atoms with Crippen LogP contribution in [-0.2, 0) is 3.58 Å². The second-order valence-electron chi connectivity index (χ2n) is 4.06. The predicted molar refractivity (Wildman–Crippen MR) is 75.9 cm³/mol. The molecular weight excluding hydrogens is 237 g/mol. The van der Waals surface area contributed by atoms with Crippen LogP contribution in [0.15, 0.2) is 24.3 Å². The maximum atomic E-state index is 5.95. The van der Waals surface area contributed by atoms with Gasteiger partial charge in [-0.25, -0.2) is 0 Å². The van der Waals surface area contributed by atoms with Crippen molar-refractivity contribution in [3.8, 4) is 0 Å². The Morgan fingerprint density at radius 1 is 0.933 bits per heavy atom. The fraction of sp³-hybridized carbons (Fsp3) is 0.455. The van der Waals surface area contributed by atoms with Crippen LogP contribution in [0.2, 0.25) is 11.6 Å². The molecule has 0 amide bonds. The van der Waals surface area contributed by atoms with Crippen LogP contribution in [0.4, 0.5) is 0 Å². The van der Waals surface area contributed by atoms with Crippen LogP contribution in [0.3, 0.4) is 0 Å². The lowest BCUT2D eigenvalue weighted by atomic mass is 10.4. The van der Waals surface area contributed by atoms with Gasteiger partial charge in [0.15, 0.2) is 0 Å². The van der Waals surface area contributed by atoms with Crippen molar-refractivity contribution >= 4 is 41.2 Å². The van der Waals surface area contributed by atoms with Gasteiger partial charge in [0, 0.05) is 8.15 Å². The van der Waals surface area contributed by atoms with E-state index in [0.29, 0.717) is 0 Å². The zero-order valence-corrected chi connectivity index (χ0v) is 13.1. The molecule has 0 aliphatic heterocycles. The summed E-state index contributed by atoms with van der Waals surface area (Å²) in [7, 11) is -0.347. The van der Waals surface area contributed by atoms with Crippen molar-refractivity contribution < 1.29 is 3.58 Å². The molecule has 0 bridgehead atoms. The minimum absolute atomic E-state index is 0.0311. The van der Waals surface area contributed by atoms with Gasteiger partial charge < -0.3 is 3.58 Å². The molecule has 0 spiro atoms. The Morgan fingerprint density at radius 3 is 1.80 bits per heavy atom. The number of hydrogen-bond donors (Lipinski definition) is 0. The molecule has 0 radical (unpaired) electrons.